The monoisotopic (exact) mass is 255 g/mol. The molecule has 2 N–H and O–H groups in total. The highest BCUT2D eigenvalue weighted by atomic mass is 14.6. The van der Waals surface area contributed by atoms with Crippen LogP contribution in [0.3, 0.4) is 0 Å². The van der Waals surface area contributed by atoms with E-state index in [1.54, 1.807) is 0 Å². The summed E-state index contributed by atoms with van der Waals surface area (Å²) in [6.07, 6.45) is 11.0. The van der Waals surface area contributed by atoms with E-state index < -0.39 is 0 Å². The Morgan fingerprint density at radius 1 is 1.37 bits per heavy atom. The van der Waals surface area contributed by atoms with Crippen molar-refractivity contribution in [1.29, 1.82) is 0 Å². The Morgan fingerprint density at radius 3 is 2.37 bits per heavy atom. The fourth-order valence-electron chi connectivity index (χ4n) is 3.00. The van der Waals surface area contributed by atoms with Crippen molar-refractivity contribution in [2.75, 3.05) is 0 Å². The van der Waals surface area contributed by atoms with Gasteiger partial charge in [0.2, 0.25) is 0 Å². The van der Waals surface area contributed by atoms with E-state index in [9.17, 15) is 0 Å². The lowest BCUT2D eigenvalue weighted by molar-refractivity contribution is 0.488. The van der Waals surface area contributed by atoms with Crippen LogP contribution in [0.25, 0.3) is 0 Å². The summed E-state index contributed by atoms with van der Waals surface area (Å²) in [7, 11) is 0. The minimum absolute atomic E-state index is 0.0652. The van der Waals surface area contributed by atoms with Crippen LogP contribution in [-0.2, 0) is 0 Å². The van der Waals surface area contributed by atoms with Crippen molar-refractivity contribution < 1.29 is 0 Å². The zero-order chi connectivity index (χ0) is 14.6. The van der Waals surface area contributed by atoms with E-state index in [2.05, 4.69) is 39.2 Å². The van der Waals surface area contributed by atoms with Gasteiger partial charge in [-0.3, -0.25) is 0 Å². The molecule has 1 aliphatic carbocycles. The van der Waals surface area contributed by atoms with Crippen LogP contribution in [0.2, 0.25) is 0 Å². The first-order valence-electron chi connectivity index (χ1n) is 6.78. The second-order valence-electron chi connectivity index (χ2n) is 5.09. The Kier molecular flexibility index (Phi) is 4.77. The second-order valence-corrected chi connectivity index (χ2v) is 5.09. The van der Waals surface area contributed by atoms with Gasteiger partial charge in [-0.25, -0.2) is 0 Å². The molecule has 1 aliphatic rings. The van der Waals surface area contributed by atoms with E-state index in [0.29, 0.717) is 0 Å². The first-order chi connectivity index (χ1) is 8.97. The molecule has 1 nitrogen and oxygen atoms in total. The van der Waals surface area contributed by atoms with Crippen molar-refractivity contribution in [3.8, 4) is 0 Å². The summed E-state index contributed by atoms with van der Waals surface area (Å²) < 4.78 is 0. The van der Waals surface area contributed by atoms with Gasteiger partial charge in [-0.15, -0.1) is 0 Å². The zero-order valence-corrected chi connectivity index (χ0v) is 12.6. The summed E-state index contributed by atoms with van der Waals surface area (Å²) in [5.74, 6) is 0. The number of allylic oxidation sites excluding steroid dienone is 10. The Hall–Kier alpha value is -1.76. The van der Waals surface area contributed by atoms with Crippen molar-refractivity contribution in [2.45, 2.75) is 34.1 Å². The predicted octanol–water partition coefficient (Wildman–Crippen LogP) is 4.82. The number of nitrogens with two attached hydrogens (primary N) is 1. The lowest BCUT2D eigenvalue weighted by atomic mass is 9.75. The zero-order valence-electron chi connectivity index (χ0n) is 12.6. The Morgan fingerprint density at radius 2 is 2.00 bits per heavy atom. The summed E-state index contributed by atoms with van der Waals surface area (Å²) in [5.41, 5.74) is 11.8. The van der Waals surface area contributed by atoms with E-state index in [0.717, 1.165) is 12.1 Å². The third kappa shape index (κ3) is 2.37. The van der Waals surface area contributed by atoms with Crippen LogP contribution in [0, 0.1) is 5.41 Å². The van der Waals surface area contributed by atoms with Gasteiger partial charge in [0.15, 0.2) is 0 Å². The van der Waals surface area contributed by atoms with Crippen LogP contribution in [-0.4, -0.2) is 0 Å². The SMILES string of the molecule is C=C/C=C1/C(/C=C\C)=C(C=C)C(C)(CC)/C1=C(/C)N. The van der Waals surface area contributed by atoms with E-state index in [1.807, 2.05) is 32.1 Å². The lowest BCUT2D eigenvalue weighted by Crippen LogP contribution is -2.19. The molecule has 0 aromatic carbocycles. The van der Waals surface area contributed by atoms with Gasteiger partial charge in [-0.1, -0.05) is 57.4 Å². The molecule has 0 fully saturated rings. The topological polar surface area (TPSA) is 26.0 Å². The molecule has 102 valence electrons. The molecule has 0 amide bonds. The van der Waals surface area contributed by atoms with E-state index in [1.165, 1.54) is 22.3 Å². The number of hydrogen-bond acceptors (Lipinski definition) is 1. The molecule has 0 saturated carbocycles. The van der Waals surface area contributed by atoms with E-state index >= 15 is 0 Å². The molecule has 0 aromatic rings. The molecule has 1 rings (SSSR count). The largest absolute Gasteiger partial charge is 0.402 e. The summed E-state index contributed by atoms with van der Waals surface area (Å²) in [6.45, 7) is 16.3. The standard InChI is InChI=1S/C18H25N/c1-7-11-14-15(12-8-2)17(13(5)19)18(6,10-4)16(14)9-3/h7-9,11-12H,2-3,10,19H2,1,4-6H3/b11-7-,15-12-,17-13-. The Bertz CT molecular complexity index is 508. The van der Waals surface area contributed by atoms with E-state index in [-0.39, 0.29) is 5.41 Å². The molecule has 0 aliphatic heterocycles. The molecular formula is C18H25N. The van der Waals surface area contributed by atoms with Gasteiger partial charge in [0.25, 0.3) is 0 Å². The molecule has 0 radical (unpaired) electrons. The van der Waals surface area contributed by atoms with Gasteiger partial charge in [0.1, 0.15) is 0 Å². The van der Waals surface area contributed by atoms with Crippen LogP contribution < -0.4 is 5.73 Å². The maximum Gasteiger partial charge on any atom is 0.0201 e. The van der Waals surface area contributed by atoms with Crippen molar-refractivity contribution in [2.24, 2.45) is 11.1 Å². The van der Waals surface area contributed by atoms with Crippen LogP contribution in [0.1, 0.15) is 34.1 Å². The van der Waals surface area contributed by atoms with Crippen molar-refractivity contribution in [3.05, 3.63) is 71.5 Å². The average Bonchev–Trinajstić information content (AvgIpc) is 2.60. The fourth-order valence-corrected chi connectivity index (χ4v) is 3.00. The molecule has 0 heterocycles. The minimum Gasteiger partial charge on any atom is -0.402 e. The molecule has 0 spiro atoms. The van der Waals surface area contributed by atoms with Crippen molar-refractivity contribution >= 4 is 0 Å². The maximum absolute atomic E-state index is 6.16. The summed E-state index contributed by atoms with van der Waals surface area (Å²) in [6, 6.07) is 0. The molecule has 1 unspecified atom stereocenters. The minimum atomic E-state index is -0.0652. The highest BCUT2D eigenvalue weighted by Crippen LogP contribution is 2.53. The average molecular weight is 255 g/mol. The molecule has 1 heteroatoms. The third-order valence-electron chi connectivity index (χ3n) is 3.92. The van der Waals surface area contributed by atoms with Gasteiger partial charge < -0.3 is 5.73 Å². The molecule has 19 heavy (non-hydrogen) atoms. The summed E-state index contributed by atoms with van der Waals surface area (Å²) in [5, 5.41) is 0. The van der Waals surface area contributed by atoms with Crippen LogP contribution >= 0.6 is 0 Å². The van der Waals surface area contributed by atoms with Crippen molar-refractivity contribution in [3.63, 3.8) is 0 Å². The summed E-state index contributed by atoms with van der Waals surface area (Å²) >= 11 is 0. The maximum atomic E-state index is 6.16. The fraction of sp³-hybridized carbons (Fsp3) is 0.333. The van der Waals surface area contributed by atoms with Crippen LogP contribution in [0.15, 0.2) is 71.5 Å². The predicted molar refractivity (Wildman–Crippen MR) is 85.6 cm³/mol. The van der Waals surface area contributed by atoms with Crippen LogP contribution in [0.4, 0.5) is 0 Å². The van der Waals surface area contributed by atoms with Crippen molar-refractivity contribution in [1.82, 2.24) is 0 Å². The van der Waals surface area contributed by atoms with Gasteiger partial charge in [-0.05, 0) is 42.6 Å². The second kappa shape index (κ2) is 5.92. The highest BCUT2D eigenvalue weighted by Gasteiger charge is 2.41. The van der Waals surface area contributed by atoms with Gasteiger partial charge >= 0.3 is 0 Å². The quantitative estimate of drug-likeness (QED) is 0.765. The Labute approximate surface area is 117 Å². The highest BCUT2D eigenvalue weighted by molar-refractivity contribution is 5.69. The van der Waals surface area contributed by atoms with Gasteiger partial charge in [-0.2, -0.15) is 0 Å². The lowest BCUT2D eigenvalue weighted by Gasteiger charge is -2.28. The molecular weight excluding hydrogens is 230 g/mol. The molecule has 0 aromatic heterocycles. The van der Waals surface area contributed by atoms with Gasteiger partial charge in [0.05, 0.1) is 0 Å². The summed E-state index contributed by atoms with van der Waals surface area (Å²) in [4.78, 5) is 0. The first kappa shape index (κ1) is 15.3. The van der Waals surface area contributed by atoms with E-state index in [4.69, 9.17) is 5.73 Å². The Balaban J connectivity index is 3.76. The third-order valence-corrected chi connectivity index (χ3v) is 3.92. The number of hydrogen-bond donors (Lipinski definition) is 1. The molecule has 1 atom stereocenters. The molecule has 0 bridgehead atoms. The number of rotatable bonds is 4. The smallest absolute Gasteiger partial charge is 0.0201 e. The molecule has 0 saturated heterocycles. The first-order valence-corrected chi connectivity index (χ1v) is 6.78. The van der Waals surface area contributed by atoms with Gasteiger partial charge in [0, 0.05) is 11.1 Å². The normalized spacial score (nSPS) is 28.3. The van der Waals surface area contributed by atoms with Crippen LogP contribution in [0.5, 0.6) is 0 Å².